The Morgan fingerprint density at radius 1 is 1.08 bits per heavy atom. The highest BCUT2D eigenvalue weighted by atomic mass is 35.5. The van der Waals surface area contributed by atoms with Gasteiger partial charge in [-0.2, -0.15) is 0 Å². The first-order chi connectivity index (χ1) is 12.5. The minimum atomic E-state index is -0.329. The molecule has 0 unspecified atom stereocenters. The number of nitrogens with zero attached hydrogens (tertiary/aromatic N) is 2. The van der Waals surface area contributed by atoms with Crippen molar-refractivity contribution in [2.75, 3.05) is 5.32 Å². The highest BCUT2D eigenvalue weighted by Crippen LogP contribution is 2.27. The summed E-state index contributed by atoms with van der Waals surface area (Å²) in [5, 5.41) is 3.80. The van der Waals surface area contributed by atoms with Gasteiger partial charge in [0.15, 0.2) is 0 Å². The van der Waals surface area contributed by atoms with Crippen LogP contribution in [0.1, 0.15) is 12.7 Å². The van der Waals surface area contributed by atoms with Crippen molar-refractivity contribution >= 4 is 35.0 Å². The Morgan fingerprint density at radius 2 is 1.77 bits per heavy atom. The number of halogens is 1. The maximum absolute atomic E-state index is 12.5. The summed E-state index contributed by atoms with van der Waals surface area (Å²) in [5.74, 6) is 0.549. The molecule has 2 aromatic carbocycles. The minimum Gasteiger partial charge on any atom is -0.324 e. The van der Waals surface area contributed by atoms with E-state index in [9.17, 15) is 4.79 Å². The van der Waals surface area contributed by atoms with Gasteiger partial charge in [0.25, 0.3) is 0 Å². The number of thioether (sulfide) groups is 1. The van der Waals surface area contributed by atoms with E-state index in [4.69, 9.17) is 11.6 Å². The molecule has 1 amide bonds. The predicted octanol–water partition coefficient (Wildman–Crippen LogP) is 5.22. The number of nitrogens with one attached hydrogen (secondary N) is 1. The predicted molar refractivity (Wildman–Crippen MR) is 108 cm³/mol. The summed E-state index contributed by atoms with van der Waals surface area (Å²) in [6, 6.07) is 19.0. The molecule has 0 saturated heterocycles. The first kappa shape index (κ1) is 18.4. The van der Waals surface area contributed by atoms with Crippen LogP contribution in [0.5, 0.6) is 0 Å². The molecule has 0 aliphatic heterocycles. The molecule has 1 aromatic heterocycles. The van der Waals surface area contributed by atoms with Crippen LogP contribution in [0.4, 0.5) is 5.69 Å². The van der Waals surface area contributed by atoms with Gasteiger partial charge in [0.2, 0.25) is 5.91 Å². The fourth-order valence-electron chi connectivity index (χ4n) is 2.39. The molecule has 1 atom stereocenters. The lowest BCUT2D eigenvalue weighted by Gasteiger charge is -2.13. The van der Waals surface area contributed by atoms with Gasteiger partial charge in [-0.15, -0.1) is 0 Å². The molecule has 1 N–H and O–H groups in total. The van der Waals surface area contributed by atoms with Crippen molar-refractivity contribution in [2.24, 2.45) is 0 Å². The molecule has 0 aliphatic carbocycles. The number of rotatable bonds is 5. The van der Waals surface area contributed by atoms with Crippen LogP contribution in [0.15, 0.2) is 65.7 Å². The Labute approximate surface area is 162 Å². The van der Waals surface area contributed by atoms with E-state index in [2.05, 4.69) is 15.3 Å². The summed E-state index contributed by atoms with van der Waals surface area (Å²) in [5.41, 5.74) is 2.47. The quantitative estimate of drug-likeness (QED) is 0.484. The van der Waals surface area contributed by atoms with Crippen molar-refractivity contribution in [1.29, 1.82) is 0 Å². The summed E-state index contributed by atoms with van der Waals surface area (Å²) in [7, 11) is 0. The van der Waals surface area contributed by atoms with E-state index in [1.807, 2.05) is 62.4 Å². The molecule has 26 heavy (non-hydrogen) atoms. The number of carbonyl (C=O) groups excluding carboxylic acids is 1. The summed E-state index contributed by atoms with van der Waals surface area (Å²) < 4.78 is 0. The number of hydrogen-bond donors (Lipinski definition) is 1. The van der Waals surface area contributed by atoms with E-state index in [0.29, 0.717) is 16.5 Å². The van der Waals surface area contributed by atoms with Gasteiger partial charge in [0.1, 0.15) is 10.9 Å². The zero-order valence-corrected chi connectivity index (χ0v) is 16.0. The van der Waals surface area contributed by atoms with E-state index in [-0.39, 0.29) is 11.2 Å². The van der Waals surface area contributed by atoms with Gasteiger partial charge in [-0.3, -0.25) is 4.79 Å². The molecule has 0 fully saturated rings. The Bertz CT molecular complexity index is 918. The van der Waals surface area contributed by atoms with Gasteiger partial charge in [0, 0.05) is 5.56 Å². The Kier molecular flexibility index (Phi) is 5.91. The van der Waals surface area contributed by atoms with Crippen LogP contribution in [-0.2, 0) is 4.79 Å². The van der Waals surface area contributed by atoms with Gasteiger partial charge < -0.3 is 5.32 Å². The van der Waals surface area contributed by atoms with Crippen LogP contribution in [0.2, 0.25) is 5.02 Å². The topological polar surface area (TPSA) is 54.9 Å². The lowest BCUT2D eigenvalue weighted by molar-refractivity contribution is -0.115. The van der Waals surface area contributed by atoms with Gasteiger partial charge in [0.05, 0.1) is 21.7 Å². The first-order valence-electron chi connectivity index (χ1n) is 8.16. The molecule has 0 spiro atoms. The largest absolute Gasteiger partial charge is 0.324 e. The van der Waals surface area contributed by atoms with Crippen LogP contribution in [0.3, 0.4) is 0 Å². The minimum absolute atomic E-state index is 0.124. The number of amides is 1. The Morgan fingerprint density at radius 3 is 2.50 bits per heavy atom. The Hall–Kier alpha value is -2.37. The molecule has 0 radical (unpaired) electrons. The van der Waals surface area contributed by atoms with Gasteiger partial charge >= 0.3 is 0 Å². The monoisotopic (exact) mass is 383 g/mol. The highest BCUT2D eigenvalue weighted by Gasteiger charge is 2.17. The number of aromatic nitrogens is 2. The van der Waals surface area contributed by atoms with Crippen LogP contribution in [0.25, 0.3) is 11.3 Å². The molecule has 6 heteroatoms. The molecule has 4 nitrogen and oxygen atoms in total. The molecule has 0 aliphatic rings. The summed E-state index contributed by atoms with van der Waals surface area (Å²) in [6.45, 7) is 3.70. The van der Waals surface area contributed by atoms with Crippen LogP contribution in [0, 0.1) is 6.92 Å². The average molecular weight is 384 g/mol. The van der Waals surface area contributed by atoms with Crippen molar-refractivity contribution in [2.45, 2.75) is 24.1 Å². The number of para-hydroxylation sites is 1. The molecule has 0 bridgehead atoms. The zero-order valence-electron chi connectivity index (χ0n) is 14.4. The van der Waals surface area contributed by atoms with E-state index in [1.54, 1.807) is 12.1 Å². The lowest BCUT2D eigenvalue weighted by Crippen LogP contribution is -2.22. The fourth-order valence-corrected chi connectivity index (χ4v) is 3.46. The lowest BCUT2D eigenvalue weighted by atomic mass is 10.1. The third-order valence-corrected chi connectivity index (χ3v) is 5.03. The average Bonchev–Trinajstić information content (AvgIpc) is 2.64. The van der Waals surface area contributed by atoms with Crippen LogP contribution >= 0.6 is 23.4 Å². The zero-order chi connectivity index (χ0) is 18.5. The maximum atomic E-state index is 12.5. The number of hydrogen-bond acceptors (Lipinski definition) is 4. The standard InChI is InChI=1S/C20H18ClN3OS/c1-13(20(25)24-17-11-7-6-10-16(17)21)26-19-12-18(22-14(2)23-19)15-8-4-3-5-9-15/h3-13H,1-2H3,(H,24,25)/t13-/m1/s1. The smallest absolute Gasteiger partial charge is 0.237 e. The van der Waals surface area contributed by atoms with Crippen molar-refractivity contribution in [1.82, 2.24) is 9.97 Å². The molecular weight excluding hydrogens is 366 g/mol. The molecule has 0 saturated carbocycles. The third kappa shape index (κ3) is 4.62. The molecule has 3 rings (SSSR count). The second-order valence-electron chi connectivity index (χ2n) is 5.73. The van der Waals surface area contributed by atoms with Gasteiger partial charge in [-0.05, 0) is 32.0 Å². The van der Waals surface area contributed by atoms with Crippen molar-refractivity contribution in [3.63, 3.8) is 0 Å². The summed E-state index contributed by atoms with van der Waals surface area (Å²) in [4.78, 5) is 21.4. The number of benzene rings is 2. The van der Waals surface area contributed by atoms with Crippen LogP contribution in [-0.4, -0.2) is 21.1 Å². The van der Waals surface area contributed by atoms with Gasteiger partial charge in [-0.1, -0.05) is 65.8 Å². The Balaban J connectivity index is 1.75. The molecule has 1 heterocycles. The normalized spacial score (nSPS) is 11.8. The van der Waals surface area contributed by atoms with Crippen molar-refractivity contribution in [3.8, 4) is 11.3 Å². The fraction of sp³-hybridized carbons (Fsp3) is 0.150. The van der Waals surface area contributed by atoms with Crippen LogP contribution < -0.4 is 5.32 Å². The highest BCUT2D eigenvalue weighted by molar-refractivity contribution is 8.00. The van der Waals surface area contributed by atoms with Gasteiger partial charge in [-0.25, -0.2) is 9.97 Å². The summed E-state index contributed by atoms with van der Waals surface area (Å²) in [6.07, 6.45) is 0. The second kappa shape index (κ2) is 8.34. The van der Waals surface area contributed by atoms with Crippen molar-refractivity contribution < 1.29 is 4.79 Å². The maximum Gasteiger partial charge on any atom is 0.237 e. The molecule has 132 valence electrons. The number of aryl methyl sites for hydroxylation is 1. The van der Waals surface area contributed by atoms with E-state index in [1.165, 1.54) is 11.8 Å². The second-order valence-corrected chi connectivity index (χ2v) is 7.50. The third-order valence-electron chi connectivity index (χ3n) is 3.68. The van der Waals surface area contributed by atoms with E-state index in [0.717, 1.165) is 16.3 Å². The SMILES string of the molecule is Cc1nc(S[C@H](C)C(=O)Nc2ccccc2Cl)cc(-c2ccccc2)n1. The molecular formula is C20H18ClN3OS. The number of anilines is 1. The van der Waals surface area contributed by atoms with E-state index >= 15 is 0 Å². The number of carbonyl (C=O) groups is 1. The summed E-state index contributed by atoms with van der Waals surface area (Å²) >= 11 is 7.49. The van der Waals surface area contributed by atoms with E-state index < -0.39 is 0 Å². The first-order valence-corrected chi connectivity index (χ1v) is 9.42. The van der Waals surface area contributed by atoms with Crippen molar-refractivity contribution in [3.05, 3.63) is 71.5 Å². The molecule has 3 aromatic rings.